The summed E-state index contributed by atoms with van der Waals surface area (Å²) in [7, 11) is 0. The van der Waals surface area contributed by atoms with Gasteiger partial charge in [-0.05, 0) is 36.8 Å². The van der Waals surface area contributed by atoms with E-state index in [1.54, 1.807) is 0 Å². The van der Waals surface area contributed by atoms with E-state index in [-0.39, 0.29) is 16.5 Å². The van der Waals surface area contributed by atoms with Crippen molar-refractivity contribution >= 4 is 51.6 Å². The lowest BCUT2D eigenvalue weighted by Crippen LogP contribution is -2.28. The molecule has 7 heteroatoms. The minimum Gasteiger partial charge on any atom is -0.369 e. The third-order valence-electron chi connectivity index (χ3n) is 3.31. The molecule has 0 radical (unpaired) electrons. The maximum Gasteiger partial charge on any atom is 0.147 e. The van der Waals surface area contributed by atoms with Crippen LogP contribution in [0.1, 0.15) is 18.4 Å². The number of carbonyl (C=O) groups is 1. The Labute approximate surface area is 151 Å². The number of hydrogen-bond acceptors (Lipinski definition) is 3. The molecule has 2 rings (SSSR count). The normalized spacial score (nSPS) is 13.5. The molecule has 0 saturated carbocycles. The molecule has 0 amide bonds. The number of ketones is 1. The van der Waals surface area contributed by atoms with Crippen LogP contribution in [0, 0.1) is 11.6 Å². The highest BCUT2D eigenvalue weighted by Gasteiger charge is 2.28. The van der Waals surface area contributed by atoms with Crippen molar-refractivity contribution in [3.05, 3.63) is 63.1 Å². The van der Waals surface area contributed by atoms with Crippen LogP contribution >= 0.6 is 40.2 Å². The maximum atomic E-state index is 13.9. The highest BCUT2D eigenvalue weighted by Crippen LogP contribution is 2.34. The fourth-order valence-electron chi connectivity index (χ4n) is 2.23. The Hall–Kier alpha value is -1.11. The molecular formula is C16H13BrClF2NOS. The SMILES string of the molecule is CC(=O)C(c1ccc(F)cc1Br)C(S)Nc1c(F)cccc1Cl. The predicted molar refractivity (Wildman–Crippen MR) is 95.3 cm³/mol. The molecule has 0 aliphatic carbocycles. The second kappa shape index (κ2) is 7.64. The van der Waals surface area contributed by atoms with Crippen molar-refractivity contribution in [3.63, 3.8) is 0 Å². The van der Waals surface area contributed by atoms with Crippen molar-refractivity contribution in [1.82, 2.24) is 0 Å². The second-order valence-electron chi connectivity index (χ2n) is 4.94. The zero-order valence-corrected chi connectivity index (χ0v) is 15.2. The van der Waals surface area contributed by atoms with Crippen LogP contribution in [0.3, 0.4) is 0 Å². The van der Waals surface area contributed by atoms with Crippen molar-refractivity contribution < 1.29 is 13.6 Å². The van der Waals surface area contributed by atoms with Crippen molar-refractivity contribution in [3.8, 4) is 0 Å². The molecule has 0 heterocycles. The number of anilines is 1. The van der Waals surface area contributed by atoms with E-state index in [9.17, 15) is 13.6 Å². The maximum absolute atomic E-state index is 13.9. The fraction of sp³-hybridized carbons (Fsp3) is 0.188. The molecule has 0 aliphatic rings. The summed E-state index contributed by atoms with van der Waals surface area (Å²) >= 11 is 13.6. The second-order valence-corrected chi connectivity index (χ2v) is 6.76. The van der Waals surface area contributed by atoms with Gasteiger partial charge in [-0.1, -0.05) is 39.7 Å². The average molecular weight is 421 g/mol. The topological polar surface area (TPSA) is 29.1 Å². The van der Waals surface area contributed by atoms with E-state index in [0.29, 0.717) is 10.0 Å². The van der Waals surface area contributed by atoms with Gasteiger partial charge in [0.2, 0.25) is 0 Å². The number of para-hydroxylation sites is 1. The van der Waals surface area contributed by atoms with Crippen LogP contribution in [0.2, 0.25) is 5.02 Å². The van der Waals surface area contributed by atoms with E-state index < -0.39 is 22.9 Å². The summed E-state index contributed by atoms with van der Waals surface area (Å²) in [5, 5.41) is 2.26. The molecule has 2 nitrogen and oxygen atoms in total. The smallest absolute Gasteiger partial charge is 0.147 e. The number of nitrogens with one attached hydrogen (secondary N) is 1. The lowest BCUT2D eigenvalue weighted by molar-refractivity contribution is -0.118. The molecule has 0 aliphatic heterocycles. The lowest BCUT2D eigenvalue weighted by Gasteiger charge is -2.25. The van der Waals surface area contributed by atoms with Crippen LogP contribution < -0.4 is 5.32 Å². The Morgan fingerprint density at radius 3 is 2.57 bits per heavy atom. The molecule has 0 bridgehead atoms. The molecular weight excluding hydrogens is 408 g/mol. The van der Waals surface area contributed by atoms with Gasteiger partial charge in [-0.2, -0.15) is 12.6 Å². The van der Waals surface area contributed by atoms with Crippen LogP contribution in [0.5, 0.6) is 0 Å². The summed E-state index contributed by atoms with van der Waals surface area (Å²) in [6.07, 6.45) is 0. The molecule has 2 atom stereocenters. The molecule has 1 N–H and O–H groups in total. The minimum atomic E-state index is -0.747. The first-order valence-electron chi connectivity index (χ1n) is 6.65. The quantitative estimate of drug-likeness (QED) is 0.499. The van der Waals surface area contributed by atoms with E-state index >= 15 is 0 Å². The third-order valence-corrected chi connectivity index (χ3v) is 4.74. The summed E-state index contributed by atoms with van der Waals surface area (Å²) in [5.41, 5.74) is 0.623. The highest BCUT2D eigenvalue weighted by molar-refractivity contribution is 9.10. The fourth-order valence-corrected chi connectivity index (χ4v) is 3.55. The van der Waals surface area contributed by atoms with Gasteiger partial charge in [-0.25, -0.2) is 8.78 Å². The first-order chi connectivity index (χ1) is 10.8. The third kappa shape index (κ3) is 4.25. The molecule has 0 spiro atoms. The Bertz CT molecular complexity index is 724. The number of rotatable bonds is 5. The van der Waals surface area contributed by atoms with Gasteiger partial charge < -0.3 is 5.32 Å². The van der Waals surface area contributed by atoms with Gasteiger partial charge >= 0.3 is 0 Å². The lowest BCUT2D eigenvalue weighted by atomic mass is 9.94. The summed E-state index contributed by atoms with van der Waals surface area (Å²) in [5.74, 6) is -1.89. The van der Waals surface area contributed by atoms with Crippen LogP contribution in [0.4, 0.5) is 14.5 Å². The number of halogens is 4. The highest BCUT2D eigenvalue weighted by atomic mass is 79.9. The molecule has 0 aromatic heterocycles. The first kappa shape index (κ1) is 18.2. The van der Waals surface area contributed by atoms with E-state index in [1.165, 1.54) is 43.3 Å². The van der Waals surface area contributed by atoms with Gasteiger partial charge in [0, 0.05) is 4.47 Å². The molecule has 2 aromatic rings. The Kier molecular flexibility index (Phi) is 6.06. The van der Waals surface area contributed by atoms with Crippen molar-refractivity contribution in [2.75, 3.05) is 5.32 Å². The molecule has 0 fully saturated rings. The monoisotopic (exact) mass is 419 g/mol. The number of thiol groups is 1. The van der Waals surface area contributed by atoms with E-state index in [0.717, 1.165) is 0 Å². The van der Waals surface area contributed by atoms with E-state index in [2.05, 4.69) is 33.9 Å². The Morgan fingerprint density at radius 1 is 1.30 bits per heavy atom. The predicted octanol–water partition coefficient (Wildman–Crippen LogP) is 5.42. The molecule has 0 saturated heterocycles. The zero-order chi connectivity index (χ0) is 17.1. The van der Waals surface area contributed by atoms with E-state index in [4.69, 9.17) is 11.6 Å². The Morgan fingerprint density at radius 2 is 2.00 bits per heavy atom. The number of Topliss-reactive ketones (excluding diaryl/α,β-unsaturated/α-hetero) is 1. The number of benzene rings is 2. The minimum absolute atomic E-state index is 0.0682. The van der Waals surface area contributed by atoms with Crippen molar-refractivity contribution in [1.29, 1.82) is 0 Å². The summed E-state index contributed by atoms with van der Waals surface area (Å²) in [6.45, 7) is 1.40. The summed E-state index contributed by atoms with van der Waals surface area (Å²) in [4.78, 5) is 12.1. The van der Waals surface area contributed by atoms with Gasteiger partial charge in [0.1, 0.15) is 17.4 Å². The van der Waals surface area contributed by atoms with Crippen molar-refractivity contribution in [2.45, 2.75) is 18.2 Å². The van der Waals surface area contributed by atoms with Gasteiger partial charge in [-0.3, -0.25) is 4.79 Å². The summed E-state index contributed by atoms with van der Waals surface area (Å²) in [6, 6.07) is 8.29. The van der Waals surface area contributed by atoms with Gasteiger partial charge in [0.15, 0.2) is 0 Å². The van der Waals surface area contributed by atoms with Crippen LogP contribution in [0.15, 0.2) is 40.9 Å². The number of hydrogen-bond donors (Lipinski definition) is 2. The van der Waals surface area contributed by atoms with Crippen LogP contribution in [0.25, 0.3) is 0 Å². The standard InChI is InChI=1S/C16H13BrClF2NOS/c1-8(22)14(10-6-5-9(19)7-11(10)17)16(23)21-15-12(18)3-2-4-13(15)20/h2-7,14,16,21,23H,1H3. The van der Waals surface area contributed by atoms with Gasteiger partial charge in [-0.15, -0.1) is 0 Å². The van der Waals surface area contributed by atoms with Gasteiger partial charge in [0.05, 0.1) is 22.0 Å². The summed E-state index contributed by atoms with van der Waals surface area (Å²) < 4.78 is 27.6. The van der Waals surface area contributed by atoms with Crippen LogP contribution in [-0.4, -0.2) is 11.2 Å². The molecule has 2 aromatic carbocycles. The molecule has 23 heavy (non-hydrogen) atoms. The Balaban J connectivity index is 2.36. The van der Waals surface area contributed by atoms with Crippen molar-refractivity contribution in [2.24, 2.45) is 0 Å². The zero-order valence-electron chi connectivity index (χ0n) is 12.0. The average Bonchev–Trinajstić information content (AvgIpc) is 2.45. The van der Waals surface area contributed by atoms with Crippen LogP contribution in [-0.2, 0) is 4.79 Å². The van der Waals surface area contributed by atoms with E-state index in [1.807, 2.05) is 0 Å². The van der Waals surface area contributed by atoms with Gasteiger partial charge in [0.25, 0.3) is 0 Å². The largest absolute Gasteiger partial charge is 0.369 e. The molecule has 2 unspecified atom stereocenters. The molecule has 122 valence electrons. The number of carbonyl (C=O) groups excluding carboxylic acids is 1. The first-order valence-corrected chi connectivity index (χ1v) is 8.34.